The quantitative estimate of drug-likeness (QED) is 0.251. The summed E-state index contributed by atoms with van der Waals surface area (Å²) in [6.45, 7) is 0.817. The number of ether oxygens (including phenoxy) is 1. The van der Waals surface area contributed by atoms with Crippen LogP contribution in [-0.4, -0.2) is 73.1 Å². The van der Waals surface area contributed by atoms with Crippen LogP contribution in [0.3, 0.4) is 0 Å². The highest BCUT2D eigenvalue weighted by Gasteiger charge is 2.33. The highest BCUT2D eigenvalue weighted by atomic mass is 16.5. The number of nitrogens with one attached hydrogen (secondary N) is 1. The number of phenols is 1. The fourth-order valence-electron chi connectivity index (χ4n) is 3.01. The minimum Gasteiger partial charge on any atom is -0.507 e. The molecule has 5 N–H and O–H groups in total. The van der Waals surface area contributed by atoms with Gasteiger partial charge in [0.25, 0.3) is 0 Å². The second kappa shape index (κ2) is 7.91. The lowest BCUT2D eigenvalue weighted by molar-refractivity contribution is 0.0596. The lowest BCUT2D eigenvalue weighted by Gasteiger charge is -2.40. The van der Waals surface area contributed by atoms with Crippen molar-refractivity contribution in [2.24, 2.45) is 7.05 Å². The summed E-state index contributed by atoms with van der Waals surface area (Å²) in [6, 6.07) is 2.96. The molecule has 3 rings (SSSR count). The molecule has 0 radical (unpaired) electrons. The first kappa shape index (κ1) is 19.7. The monoisotopic (exact) mass is 388 g/mol. The summed E-state index contributed by atoms with van der Waals surface area (Å²) >= 11 is 0. The van der Waals surface area contributed by atoms with Gasteiger partial charge in [0.15, 0.2) is 0 Å². The Morgan fingerprint density at radius 3 is 2.68 bits per heavy atom. The molecule has 11 heteroatoms. The zero-order chi connectivity index (χ0) is 20.4. The Morgan fingerprint density at radius 1 is 1.39 bits per heavy atom. The first-order chi connectivity index (χ1) is 13.3. The van der Waals surface area contributed by atoms with Crippen molar-refractivity contribution in [2.45, 2.75) is 18.8 Å². The number of carboxylic acid groups (broad SMARTS) is 1. The van der Waals surface area contributed by atoms with Gasteiger partial charge < -0.3 is 29.9 Å². The van der Waals surface area contributed by atoms with Crippen LogP contribution in [0.4, 0.5) is 0 Å². The van der Waals surface area contributed by atoms with Gasteiger partial charge in [-0.05, 0) is 24.4 Å². The van der Waals surface area contributed by atoms with Gasteiger partial charge in [0.2, 0.25) is 0 Å². The number of hydrogen-bond donors (Lipinski definition) is 5. The molecule has 0 bridgehead atoms. The van der Waals surface area contributed by atoms with Crippen LogP contribution in [0, 0.1) is 5.41 Å². The van der Waals surface area contributed by atoms with Crippen molar-refractivity contribution in [2.75, 3.05) is 13.1 Å². The van der Waals surface area contributed by atoms with E-state index in [1.165, 1.54) is 12.1 Å². The second-order valence-electron chi connectivity index (χ2n) is 6.67. The topological polar surface area (TPSA) is 152 Å². The Balaban J connectivity index is 1.67. The molecule has 1 aromatic heterocycles. The lowest BCUT2D eigenvalue weighted by atomic mass is 9.82. The first-order valence-electron chi connectivity index (χ1n) is 8.69. The van der Waals surface area contributed by atoms with E-state index in [0.29, 0.717) is 30.1 Å². The average Bonchev–Trinajstić information content (AvgIpc) is 3.02. The number of aromatic hydroxyl groups is 1. The number of aromatic nitrogens is 2. The van der Waals surface area contributed by atoms with Crippen molar-refractivity contribution >= 4 is 18.9 Å². The Bertz CT molecular complexity index is 894. The van der Waals surface area contributed by atoms with E-state index in [0.717, 1.165) is 0 Å². The molecule has 148 valence electrons. The number of carbonyl (C=O) groups is 1. The number of nitrogens with zero attached hydrogens (tertiary/aromatic N) is 3. The number of benzene rings is 1. The van der Waals surface area contributed by atoms with Crippen LogP contribution in [0.25, 0.3) is 0 Å². The van der Waals surface area contributed by atoms with E-state index in [4.69, 9.17) is 20.2 Å². The lowest BCUT2D eigenvalue weighted by Crippen LogP contribution is -2.56. The fraction of sp³-hybridized carbons (Fsp3) is 0.353. The molecule has 2 heterocycles. The third-order valence-electron chi connectivity index (χ3n) is 4.55. The van der Waals surface area contributed by atoms with Crippen LogP contribution < -0.4 is 4.74 Å². The molecular formula is C17H21BN4O6. The molecule has 1 fully saturated rings. The first-order valence-corrected chi connectivity index (χ1v) is 8.69. The number of aryl methyl sites for hydroxylation is 2. The molecule has 10 nitrogen and oxygen atoms in total. The molecule has 1 aliphatic rings. The molecule has 2 aromatic rings. The maximum atomic E-state index is 11.6. The number of aromatic carboxylic acids is 1. The van der Waals surface area contributed by atoms with Gasteiger partial charge in [0, 0.05) is 13.2 Å². The van der Waals surface area contributed by atoms with Crippen LogP contribution >= 0.6 is 0 Å². The summed E-state index contributed by atoms with van der Waals surface area (Å²) in [5, 5.41) is 49.8. The molecule has 0 amide bonds. The molecule has 0 unspecified atom stereocenters. The van der Waals surface area contributed by atoms with Crippen molar-refractivity contribution < 1.29 is 29.8 Å². The van der Waals surface area contributed by atoms with Gasteiger partial charge in [0.1, 0.15) is 29.0 Å². The molecule has 1 aliphatic heterocycles. The standard InChI is InChI=1S/C17H21BN4O6/c1-21-7-11(6-20-21)16(19)22-8-12(9-22)28-13-3-2-10(4-5-18(26)27)15(23)14(13)17(24)25/h2-3,6-7,12,19,23,26-27H,4-5,8-9H2,1H3,(H,24,25). The van der Waals surface area contributed by atoms with Crippen molar-refractivity contribution in [1.82, 2.24) is 14.7 Å². The third kappa shape index (κ3) is 4.10. The number of carboxylic acids is 1. The highest BCUT2D eigenvalue weighted by molar-refractivity contribution is 6.41. The Labute approximate surface area is 161 Å². The Kier molecular flexibility index (Phi) is 5.57. The number of likely N-dealkylation sites (tertiary alicyclic amines) is 1. The molecule has 0 atom stereocenters. The van der Waals surface area contributed by atoms with Gasteiger partial charge >= 0.3 is 13.1 Å². The predicted molar refractivity (Wildman–Crippen MR) is 99.8 cm³/mol. The Morgan fingerprint density at radius 2 is 2.11 bits per heavy atom. The van der Waals surface area contributed by atoms with Crippen LogP contribution in [0.2, 0.25) is 6.32 Å². The summed E-state index contributed by atoms with van der Waals surface area (Å²) in [4.78, 5) is 13.4. The van der Waals surface area contributed by atoms with Crippen molar-refractivity contribution in [1.29, 1.82) is 5.41 Å². The SMILES string of the molecule is Cn1cc(C(=N)N2CC(Oc3ccc(CCB(O)O)c(O)c3C(=O)O)C2)cn1. The van der Waals surface area contributed by atoms with Gasteiger partial charge in [-0.2, -0.15) is 5.10 Å². The summed E-state index contributed by atoms with van der Waals surface area (Å²) < 4.78 is 7.33. The zero-order valence-corrected chi connectivity index (χ0v) is 15.2. The molecule has 28 heavy (non-hydrogen) atoms. The van der Waals surface area contributed by atoms with Gasteiger partial charge in [-0.15, -0.1) is 0 Å². The van der Waals surface area contributed by atoms with E-state index < -0.39 is 18.8 Å². The van der Waals surface area contributed by atoms with Gasteiger partial charge in [-0.25, -0.2) is 4.79 Å². The van der Waals surface area contributed by atoms with E-state index in [1.54, 1.807) is 29.0 Å². The van der Waals surface area contributed by atoms with E-state index in [2.05, 4.69) is 5.10 Å². The van der Waals surface area contributed by atoms with E-state index in [-0.39, 0.29) is 30.2 Å². The molecule has 0 aliphatic carbocycles. The van der Waals surface area contributed by atoms with Crippen molar-refractivity contribution in [3.63, 3.8) is 0 Å². The maximum Gasteiger partial charge on any atom is 0.451 e. The highest BCUT2D eigenvalue weighted by Crippen LogP contribution is 2.34. The molecule has 1 saturated heterocycles. The minimum atomic E-state index is -1.54. The number of amidine groups is 1. The normalized spacial score (nSPS) is 13.9. The van der Waals surface area contributed by atoms with Crippen LogP contribution in [0.1, 0.15) is 21.5 Å². The van der Waals surface area contributed by atoms with Crippen molar-refractivity contribution in [3.8, 4) is 11.5 Å². The molecule has 0 spiro atoms. The number of hydrogen-bond acceptors (Lipinski definition) is 7. The minimum absolute atomic E-state index is 0.0269. The van der Waals surface area contributed by atoms with Crippen LogP contribution in [0.15, 0.2) is 24.5 Å². The fourth-order valence-corrected chi connectivity index (χ4v) is 3.01. The van der Waals surface area contributed by atoms with Crippen LogP contribution in [0.5, 0.6) is 11.5 Å². The second-order valence-corrected chi connectivity index (χ2v) is 6.67. The van der Waals surface area contributed by atoms with Gasteiger partial charge in [-0.3, -0.25) is 10.1 Å². The van der Waals surface area contributed by atoms with E-state index in [1.807, 2.05) is 0 Å². The van der Waals surface area contributed by atoms with Crippen LogP contribution in [-0.2, 0) is 13.5 Å². The van der Waals surface area contributed by atoms with E-state index >= 15 is 0 Å². The molecular weight excluding hydrogens is 367 g/mol. The molecule has 1 aromatic carbocycles. The smallest absolute Gasteiger partial charge is 0.451 e. The largest absolute Gasteiger partial charge is 0.507 e. The summed E-state index contributed by atoms with van der Waals surface area (Å²) in [5.41, 5.74) is 0.623. The predicted octanol–water partition coefficient (Wildman–Crippen LogP) is -0.0722. The zero-order valence-electron chi connectivity index (χ0n) is 15.2. The summed E-state index contributed by atoms with van der Waals surface area (Å²) in [5.74, 6) is -1.42. The average molecular weight is 388 g/mol. The maximum absolute atomic E-state index is 11.6. The van der Waals surface area contributed by atoms with E-state index in [9.17, 15) is 15.0 Å². The van der Waals surface area contributed by atoms with Crippen molar-refractivity contribution in [3.05, 3.63) is 41.2 Å². The molecule has 0 saturated carbocycles. The summed E-state index contributed by atoms with van der Waals surface area (Å²) in [7, 11) is 0.226. The number of rotatable bonds is 7. The van der Waals surface area contributed by atoms with Gasteiger partial charge in [-0.1, -0.05) is 6.07 Å². The third-order valence-corrected chi connectivity index (χ3v) is 4.55. The van der Waals surface area contributed by atoms with Gasteiger partial charge in [0.05, 0.1) is 24.8 Å². The Hall–Kier alpha value is -3.05. The summed E-state index contributed by atoms with van der Waals surface area (Å²) in [6.07, 6.45) is 3.10.